The Balaban J connectivity index is 2.07. The lowest BCUT2D eigenvalue weighted by Crippen LogP contribution is -2.48. The van der Waals surface area contributed by atoms with Crippen molar-refractivity contribution in [2.75, 3.05) is 26.3 Å². The molecule has 0 saturated carbocycles. The Labute approximate surface area is 121 Å². The summed E-state index contributed by atoms with van der Waals surface area (Å²) in [5, 5.41) is 3.21. The first-order chi connectivity index (χ1) is 8.99. The van der Waals surface area contributed by atoms with Crippen LogP contribution in [0, 0.1) is 6.92 Å². The summed E-state index contributed by atoms with van der Waals surface area (Å²) in [6, 6.07) is 5.24. The summed E-state index contributed by atoms with van der Waals surface area (Å²) in [6.07, 6.45) is 0. The van der Waals surface area contributed by atoms with E-state index in [1.807, 2.05) is 6.07 Å². The zero-order chi connectivity index (χ0) is 13.9. The summed E-state index contributed by atoms with van der Waals surface area (Å²) in [5.74, 6) is 0. The van der Waals surface area contributed by atoms with Gasteiger partial charge in [0.1, 0.15) is 0 Å². The van der Waals surface area contributed by atoms with Crippen LogP contribution < -0.4 is 10.0 Å². The minimum Gasteiger partial charge on any atom is -0.378 e. The molecule has 0 bridgehead atoms. The van der Waals surface area contributed by atoms with Gasteiger partial charge in [0.05, 0.1) is 18.1 Å². The molecule has 0 spiro atoms. The van der Waals surface area contributed by atoms with E-state index in [0.29, 0.717) is 24.7 Å². The van der Waals surface area contributed by atoms with Crippen molar-refractivity contribution in [1.29, 1.82) is 0 Å². The number of nitrogens with one attached hydrogen (secondary N) is 2. The molecule has 7 heteroatoms. The van der Waals surface area contributed by atoms with Crippen LogP contribution in [-0.4, -0.2) is 40.8 Å². The predicted octanol–water partition coefficient (Wildman–Crippen LogP) is 1.02. The molecule has 1 fully saturated rings. The monoisotopic (exact) mass is 348 g/mol. The first-order valence-electron chi connectivity index (χ1n) is 6.06. The van der Waals surface area contributed by atoms with Crippen LogP contribution in [0.1, 0.15) is 5.56 Å². The van der Waals surface area contributed by atoms with E-state index in [2.05, 4.69) is 26.0 Å². The lowest BCUT2D eigenvalue weighted by molar-refractivity contribution is 0.0784. The topological polar surface area (TPSA) is 67.4 Å². The maximum Gasteiger partial charge on any atom is 0.240 e. The molecule has 19 heavy (non-hydrogen) atoms. The molecule has 0 radical (unpaired) electrons. The van der Waals surface area contributed by atoms with Gasteiger partial charge in [-0.25, -0.2) is 13.1 Å². The summed E-state index contributed by atoms with van der Waals surface area (Å²) in [5.41, 5.74) is 0.726. The summed E-state index contributed by atoms with van der Waals surface area (Å²) in [4.78, 5) is 0.304. The van der Waals surface area contributed by atoms with E-state index >= 15 is 0 Å². The highest BCUT2D eigenvalue weighted by Gasteiger charge is 2.20. The Hall–Kier alpha value is -0.470. The molecular weight excluding hydrogens is 332 g/mol. The Morgan fingerprint density at radius 2 is 2.32 bits per heavy atom. The SMILES string of the molecule is Cc1ccc(Br)cc1S(=O)(=O)NCC1COCCN1. The molecule has 5 nitrogen and oxygen atoms in total. The Kier molecular flexibility index (Phi) is 4.97. The normalized spacial score (nSPS) is 20.4. The van der Waals surface area contributed by atoms with E-state index in [1.54, 1.807) is 19.1 Å². The van der Waals surface area contributed by atoms with Crippen LogP contribution in [0.25, 0.3) is 0 Å². The highest BCUT2D eigenvalue weighted by atomic mass is 79.9. The van der Waals surface area contributed by atoms with Crippen molar-refractivity contribution in [2.24, 2.45) is 0 Å². The molecule has 1 aliphatic rings. The molecule has 106 valence electrons. The van der Waals surface area contributed by atoms with Crippen molar-refractivity contribution in [1.82, 2.24) is 10.0 Å². The van der Waals surface area contributed by atoms with E-state index in [9.17, 15) is 8.42 Å². The van der Waals surface area contributed by atoms with Crippen LogP contribution in [0.3, 0.4) is 0 Å². The fraction of sp³-hybridized carbons (Fsp3) is 0.500. The molecule has 1 atom stereocenters. The molecule has 1 unspecified atom stereocenters. The van der Waals surface area contributed by atoms with Crippen molar-refractivity contribution in [3.05, 3.63) is 28.2 Å². The molecule has 0 aromatic heterocycles. The molecule has 2 N–H and O–H groups in total. The van der Waals surface area contributed by atoms with Crippen LogP contribution in [-0.2, 0) is 14.8 Å². The van der Waals surface area contributed by atoms with Crippen LogP contribution in [0.5, 0.6) is 0 Å². The quantitative estimate of drug-likeness (QED) is 0.852. The van der Waals surface area contributed by atoms with E-state index in [-0.39, 0.29) is 6.04 Å². The summed E-state index contributed by atoms with van der Waals surface area (Å²) >= 11 is 3.29. The number of sulfonamides is 1. The molecule has 1 heterocycles. The molecule has 2 rings (SSSR count). The third kappa shape index (κ3) is 4.00. The molecule has 0 amide bonds. The van der Waals surface area contributed by atoms with E-state index < -0.39 is 10.0 Å². The largest absolute Gasteiger partial charge is 0.378 e. The summed E-state index contributed by atoms with van der Waals surface area (Å²) < 4.78 is 33.2. The number of rotatable bonds is 4. The third-order valence-corrected chi connectivity index (χ3v) is 5.02. The van der Waals surface area contributed by atoms with Gasteiger partial charge in [0.25, 0.3) is 0 Å². The Bertz CT molecular complexity index is 542. The highest BCUT2D eigenvalue weighted by molar-refractivity contribution is 9.10. The van der Waals surface area contributed by atoms with Crippen LogP contribution in [0.15, 0.2) is 27.6 Å². The van der Waals surface area contributed by atoms with E-state index in [4.69, 9.17) is 4.74 Å². The minimum absolute atomic E-state index is 0.0241. The van der Waals surface area contributed by atoms with Crippen molar-refractivity contribution in [3.63, 3.8) is 0 Å². The number of halogens is 1. The zero-order valence-corrected chi connectivity index (χ0v) is 13.1. The Morgan fingerprint density at radius 3 is 3.00 bits per heavy atom. The van der Waals surface area contributed by atoms with Gasteiger partial charge in [-0.3, -0.25) is 0 Å². The standard InChI is InChI=1S/C12H17BrN2O3S/c1-9-2-3-10(13)6-12(9)19(16,17)15-7-11-8-18-5-4-14-11/h2-3,6,11,14-15H,4-5,7-8H2,1H3. The molecule has 1 aromatic carbocycles. The summed E-state index contributed by atoms with van der Waals surface area (Å²) in [7, 11) is -3.49. The van der Waals surface area contributed by atoms with Gasteiger partial charge in [0.2, 0.25) is 10.0 Å². The van der Waals surface area contributed by atoms with Crippen LogP contribution in [0.4, 0.5) is 0 Å². The van der Waals surface area contributed by atoms with Crippen LogP contribution >= 0.6 is 15.9 Å². The van der Waals surface area contributed by atoms with Crippen molar-refractivity contribution in [3.8, 4) is 0 Å². The predicted molar refractivity (Wildman–Crippen MR) is 76.7 cm³/mol. The number of ether oxygens (including phenoxy) is 1. The molecular formula is C12H17BrN2O3S. The van der Waals surface area contributed by atoms with Gasteiger partial charge in [-0.15, -0.1) is 0 Å². The van der Waals surface area contributed by atoms with E-state index in [0.717, 1.165) is 16.6 Å². The average molecular weight is 349 g/mol. The maximum absolute atomic E-state index is 12.2. The van der Waals surface area contributed by atoms with Gasteiger partial charge in [-0.2, -0.15) is 0 Å². The Morgan fingerprint density at radius 1 is 1.53 bits per heavy atom. The summed E-state index contributed by atoms with van der Waals surface area (Å²) in [6.45, 7) is 4.06. The van der Waals surface area contributed by atoms with Gasteiger partial charge < -0.3 is 10.1 Å². The molecule has 1 aliphatic heterocycles. The lowest BCUT2D eigenvalue weighted by Gasteiger charge is -2.24. The first-order valence-corrected chi connectivity index (χ1v) is 8.33. The fourth-order valence-corrected chi connectivity index (χ4v) is 3.77. The highest BCUT2D eigenvalue weighted by Crippen LogP contribution is 2.20. The van der Waals surface area contributed by atoms with Gasteiger partial charge in [-0.05, 0) is 24.6 Å². The second-order valence-corrected chi connectivity index (χ2v) is 7.14. The van der Waals surface area contributed by atoms with Crippen molar-refractivity contribution >= 4 is 26.0 Å². The second-order valence-electron chi connectivity index (χ2n) is 4.49. The van der Waals surface area contributed by atoms with Crippen LogP contribution in [0.2, 0.25) is 0 Å². The van der Waals surface area contributed by atoms with Crippen molar-refractivity contribution in [2.45, 2.75) is 17.9 Å². The molecule has 1 aromatic rings. The first kappa shape index (κ1) is 14.9. The third-order valence-electron chi connectivity index (χ3n) is 2.96. The smallest absolute Gasteiger partial charge is 0.240 e. The number of hydrogen-bond donors (Lipinski definition) is 2. The van der Waals surface area contributed by atoms with Crippen molar-refractivity contribution < 1.29 is 13.2 Å². The number of hydrogen-bond acceptors (Lipinski definition) is 4. The van der Waals surface area contributed by atoms with Gasteiger partial charge in [-0.1, -0.05) is 22.0 Å². The molecule has 1 saturated heterocycles. The second kappa shape index (κ2) is 6.32. The fourth-order valence-electron chi connectivity index (χ4n) is 1.90. The van der Waals surface area contributed by atoms with Gasteiger partial charge >= 0.3 is 0 Å². The average Bonchev–Trinajstić information content (AvgIpc) is 2.40. The number of morpholine rings is 1. The maximum atomic E-state index is 12.2. The number of aryl methyl sites for hydroxylation is 1. The van der Waals surface area contributed by atoms with E-state index in [1.165, 1.54) is 0 Å². The lowest BCUT2D eigenvalue weighted by atomic mass is 10.2. The number of benzene rings is 1. The van der Waals surface area contributed by atoms with Gasteiger partial charge in [0.15, 0.2) is 0 Å². The van der Waals surface area contributed by atoms with Gasteiger partial charge in [0, 0.05) is 23.6 Å². The zero-order valence-electron chi connectivity index (χ0n) is 10.6. The minimum atomic E-state index is -3.49. The molecule has 0 aliphatic carbocycles.